The fraction of sp³-hybridized carbons (Fsp3) is 0.133. The number of carbonyl (C=O) groups is 1. The number of hydrogen-bond donors (Lipinski definition) is 1. The maximum Gasteiger partial charge on any atom is 0.573 e. The van der Waals surface area contributed by atoms with Crippen LogP contribution < -0.4 is 9.47 Å². The number of hydrogen-bond acceptors (Lipinski definition) is 3. The normalized spacial score (nSPS) is 11.1. The number of aromatic carboxylic acids is 1. The fourth-order valence-electron chi connectivity index (χ4n) is 1.90. The lowest BCUT2D eigenvalue weighted by Gasteiger charge is -2.10. The van der Waals surface area contributed by atoms with E-state index < -0.39 is 12.3 Å². The minimum absolute atomic E-state index is 0.00303. The quantitative estimate of drug-likeness (QED) is 0.928. The highest BCUT2D eigenvalue weighted by atomic mass is 19.4. The van der Waals surface area contributed by atoms with Crippen molar-refractivity contribution in [1.82, 2.24) is 0 Å². The molecule has 2 aromatic rings. The largest absolute Gasteiger partial charge is 0.573 e. The van der Waals surface area contributed by atoms with Gasteiger partial charge in [0.05, 0.1) is 7.11 Å². The number of carboxylic acid groups (broad SMARTS) is 1. The van der Waals surface area contributed by atoms with Gasteiger partial charge in [-0.3, -0.25) is 0 Å². The van der Waals surface area contributed by atoms with Gasteiger partial charge in [0.25, 0.3) is 0 Å². The molecule has 0 aliphatic carbocycles. The molecule has 0 unspecified atom stereocenters. The number of benzene rings is 2. The van der Waals surface area contributed by atoms with Crippen LogP contribution in [0.1, 0.15) is 10.4 Å². The molecule has 0 bridgehead atoms. The molecule has 0 saturated heterocycles. The van der Waals surface area contributed by atoms with Crippen molar-refractivity contribution in [3.8, 4) is 22.6 Å². The van der Waals surface area contributed by atoms with E-state index in [1.807, 2.05) is 0 Å². The molecule has 0 atom stereocenters. The van der Waals surface area contributed by atoms with Gasteiger partial charge in [-0.1, -0.05) is 18.2 Å². The third-order valence-electron chi connectivity index (χ3n) is 2.85. The third-order valence-corrected chi connectivity index (χ3v) is 2.85. The van der Waals surface area contributed by atoms with Crippen molar-refractivity contribution < 1.29 is 32.5 Å². The molecule has 0 fully saturated rings. The average molecular weight is 312 g/mol. The minimum atomic E-state index is -4.74. The predicted octanol–water partition coefficient (Wildman–Crippen LogP) is 3.96. The van der Waals surface area contributed by atoms with Crippen LogP contribution >= 0.6 is 0 Å². The predicted molar refractivity (Wildman–Crippen MR) is 72.1 cm³/mol. The summed E-state index contributed by atoms with van der Waals surface area (Å²) in [4.78, 5) is 11.0. The van der Waals surface area contributed by atoms with Crippen LogP contribution in [0.2, 0.25) is 0 Å². The Morgan fingerprint density at radius 2 is 1.64 bits per heavy atom. The smallest absolute Gasteiger partial charge is 0.496 e. The zero-order valence-corrected chi connectivity index (χ0v) is 11.3. The first-order valence-electron chi connectivity index (χ1n) is 6.07. The summed E-state index contributed by atoms with van der Waals surface area (Å²) in [7, 11) is 1.34. The van der Waals surface area contributed by atoms with Crippen LogP contribution in [0.15, 0.2) is 42.5 Å². The molecule has 0 radical (unpaired) electrons. The van der Waals surface area contributed by atoms with Gasteiger partial charge in [0.1, 0.15) is 17.1 Å². The van der Waals surface area contributed by atoms with Gasteiger partial charge in [-0.15, -0.1) is 13.2 Å². The molecule has 0 amide bonds. The molecule has 0 aromatic heterocycles. The Kier molecular flexibility index (Phi) is 4.25. The van der Waals surface area contributed by atoms with E-state index in [1.165, 1.54) is 43.5 Å². The van der Waals surface area contributed by atoms with Crippen molar-refractivity contribution in [3.63, 3.8) is 0 Å². The molecular weight excluding hydrogens is 301 g/mol. The lowest BCUT2D eigenvalue weighted by molar-refractivity contribution is -0.274. The van der Waals surface area contributed by atoms with Gasteiger partial charge in [-0.05, 0) is 35.4 Å². The molecule has 116 valence electrons. The van der Waals surface area contributed by atoms with Crippen LogP contribution in [0.5, 0.6) is 11.5 Å². The first-order valence-corrected chi connectivity index (χ1v) is 6.07. The molecule has 0 aliphatic heterocycles. The number of ether oxygens (including phenoxy) is 2. The first kappa shape index (κ1) is 15.7. The van der Waals surface area contributed by atoms with Gasteiger partial charge in [0, 0.05) is 0 Å². The summed E-state index contributed by atoms with van der Waals surface area (Å²) in [5.41, 5.74) is 1.22. The molecule has 7 heteroatoms. The second-order valence-electron chi connectivity index (χ2n) is 4.29. The van der Waals surface area contributed by atoms with Crippen LogP contribution in [0.4, 0.5) is 13.2 Å². The maximum atomic E-state index is 12.1. The van der Waals surface area contributed by atoms with E-state index in [4.69, 9.17) is 9.84 Å². The molecule has 0 heterocycles. The van der Waals surface area contributed by atoms with Crippen molar-refractivity contribution in [3.05, 3.63) is 48.0 Å². The third kappa shape index (κ3) is 3.69. The summed E-state index contributed by atoms with van der Waals surface area (Å²) >= 11 is 0. The average Bonchev–Trinajstić information content (AvgIpc) is 2.45. The summed E-state index contributed by atoms with van der Waals surface area (Å²) < 4.78 is 45.1. The molecule has 1 N–H and O–H groups in total. The number of carboxylic acids is 1. The summed E-state index contributed by atoms with van der Waals surface area (Å²) in [5.74, 6) is -1.29. The molecule has 0 spiro atoms. The Morgan fingerprint density at radius 1 is 1.05 bits per heavy atom. The van der Waals surface area contributed by atoms with Crippen molar-refractivity contribution in [1.29, 1.82) is 0 Å². The highest BCUT2D eigenvalue weighted by molar-refractivity contribution is 5.92. The van der Waals surface area contributed by atoms with Crippen molar-refractivity contribution in [2.45, 2.75) is 6.36 Å². The number of methoxy groups -OCH3 is 1. The lowest BCUT2D eigenvalue weighted by atomic mass is 10.0. The van der Waals surface area contributed by atoms with Gasteiger partial charge in [0.15, 0.2) is 0 Å². The molecule has 4 nitrogen and oxygen atoms in total. The first-order chi connectivity index (χ1) is 10.3. The molecule has 2 rings (SSSR count). The lowest BCUT2D eigenvalue weighted by Crippen LogP contribution is -2.16. The van der Waals surface area contributed by atoms with Gasteiger partial charge in [-0.2, -0.15) is 0 Å². The Bertz CT molecular complexity index is 678. The highest BCUT2D eigenvalue weighted by Crippen LogP contribution is 2.30. The van der Waals surface area contributed by atoms with Crippen molar-refractivity contribution in [2.75, 3.05) is 7.11 Å². The van der Waals surface area contributed by atoms with E-state index in [9.17, 15) is 18.0 Å². The summed E-state index contributed by atoms with van der Waals surface area (Å²) in [6.45, 7) is 0. The SMILES string of the molecule is COc1cc(-c2ccc(OC(F)(F)F)cc2)ccc1C(=O)O. The maximum absolute atomic E-state index is 12.1. The van der Waals surface area contributed by atoms with Crippen LogP contribution in [-0.4, -0.2) is 24.5 Å². The summed E-state index contributed by atoms with van der Waals surface area (Å²) in [6.07, 6.45) is -4.74. The van der Waals surface area contributed by atoms with E-state index in [0.29, 0.717) is 11.1 Å². The standard InChI is InChI=1S/C15H11F3O4/c1-21-13-8-10(4-7-12(13)14(19)20)9-2-5-11(6-3-9)22-15(16,17)18/h2-8H,1H3,(H,19,20). The van der Waals surface area contributed by atoms with Gasteiger partial charge in [0.2, 0.25) is 0 Å². The van der Waals surface area contributed by atoms with Crippen LogP contribution in [0.25, 0.3) is 11.1 Å². The summed E-state index contributed by atoms with van der Waals surface area (Å²) in [6, 6.07) is 9.67. The van der Waals surface area contributed by atoms with Crippen LogP contribution in [-0.2, 0) is 0 Å². The Hall–Kier alpha value is -2.70. The van der Waals surface area contributed by atoms with E-state index in [-0.39, 0.29) is 17.1 Å². The second kappa shape index (κ2) is 5.97. The number of rotatable bonds is 4. The zero-order chi connectivity index (χ0) is 16.3. The van der Waals surface area contributed by atoms with Crippen LogP contribution in [0.3, 0.4) is 0 Å². The molecule has 22 heavy (non-hydrogen) atoms. The van der Waals surface area contributed by atoms with E-state index in [2.05, 4.69) is 4.74 Å². The Balaban J connectivity index is 2.30. The van der Waals surface area contributed by atoms with Crippen molar-refractivity contribution in [2.24, 2.45) is 0 Å². The fourth-order valence-corrected chi connectivity index (χ4v) is 1.90. The number of halogens is 3. The van der Waals surface area contributed by atoms with Crippen LogP contribution in [0, 0.1) is 0 Å². The monoisotopic (exact) mass is 312 g/mol. The molecule has 2 aromatic carbocycles. The molecular formula is C15H11F3O4. The zero-order valence-electron chi connectivity index (χ0n) is 11.3. The topological polar surface area (TPSA) is 55.8 Å². The summed E-state index contributed by atoms with van der Waals surface area (Å²) in [5, 5.41) is 9.00. The van der Waals surface area contributed by atoms with Gasteiger partial charge >= 0.3 is 12.3 Å². The van der Waals surface area contributed by atoms with E-state index in [0.717, 1.165) is 0 Å². The molecule has 0 saturated carbocycles. The van der Waals surface area contributed by atoms with Gasteiger partial charge < -0.3 is 14.6 Å². The minimum Gasteiger partial charge on any atom is -0.496 e. The van der Waals surface area contributed by atoms with Crippen molar-refractivity contribution >= 4 is 5.97 Å². The molecule has 0 aliphatic rings. The Morgan fingerprint density at radius 3 is 2.14 bits per heavy atom. The number of alkyl halides is 3. The second-order valence-corrected chi connectivity index (χ2v) is 4.29. The van der Waals surface area contributed by atoms with E-state index >= 15 is 0 Å². The van der Waals surface area contributed by atoms with Gasteiger partial charge in [-0.25, -0.2) is 4.79 Å². The highest BCUT2D eigenvalue weighted by Gasteiger charge is 2.30. The Labute approximate surface area is 123 Å². The van der Waals surface area contributed by atoms with E-state index in [1.54, 1.807) is 6.07 Å².